The number of carbonyl (C=O) groups is 1. The minimum Gasteiger partial charge on any atom is -0.289 e. The van der Waals surface area contributed by atoms with E-state index in [-0.39, 0.29) is 11.5 Å². The molecule has 2 aromatic carbocycles. The van der Waals surface area contributed by atoms with E-state index in [2.05, 4.69) is 6.92 Å². The number of hydrogen-bond donors (Lipinski definition) is 0. The third-order valence-corrected chi connectivity index (χ3v) is 2.58. The lowest BCUT2D eigenvalue weighted by atomic mass is 9.99. The SMILES string of the molecule is [CH2]c1cc([N+](=O)[O-])ccc1C(=O)c1ccccc1. The van der Waals surface area contributed by atoms with Crippen LogP contribution in [0.3, 0.4) is 0 Å². The largest absolute Gasteiger partial charge is 0.289 e. The van der Waals surface area contributed by atoms with Crippen molar-refractivity contribution in [3.05, 3.63) is 82.3 Å². The Labute approximate surface area is 104 Å². The van der Waals surface area contributed by atoms with Gasteiger partial charge in [-0.25, -0.2) is 0 Å². The average Bonchev–Trinajstić information content (AvgIpc) is 2.38. The van der Waals surface area contributed by atoms with Gasteiger partial charge in [0.05, 0.1) is 4.92 Å². The Bertz CT molecular complexity index is 606. The standard InChI is InChI=1S/C14H10NO3/c1-10-9-12(15(17)18)7-8-13(10)14(16)11-5-3-2-4-6-11/h2-9H,1H2. The van der Waals surface area contributed by atoms with Crippen LogP contribution in [0.15, 0.2) is 48.5 Å². The zero-order chi connectivity index (χ0) is 13.1. The third-order valence-electron chi connectivity index (χ3n) is 2.58. The van der Waals surface area contributed by atoms with E-state index in [9.17, 15) is 14.9 Å². The summed E-state index contributed by atoms with van der Waals surface area (Å²) in [5.41, 5.74) is 1.21. The molecule has 2 rings (SSSR count). The van der Waals surface area contributed by atoms with Gasteiger partial charge in [-0.2, -0.15) is 0 Å². The summed E-state index contributed by atoms with van der Waals surface area (Å²) in [6.45, 7) is 3.68. The van der Waals surface area contributed by atoms with Crippen LogP contribution in [0.1, 0.15) is 21.5 Å². The maximum Gasteiger partial charge on any atom is 0.269 e. The van der Waals surface area contributed by atoms with Gasteiger partial charge in [0.15, 0.2) is 5.78 Å². The quantitative estimate of drug-likeness (QED) is 0.470. The lowest BCUT2D eigenvalue weighted by Gasteiger charge is -2.04. The van der Waals surface area contributed by atoms with Crippen LogP contribution in [-0.4, -0.2) is 10.7 Å². The molecule has 89 valence electrons. The first-order valence-corrected chi connectivity index (χ1v) is 5.30. The minimum atomic E-state index is -0.508. The monoisotopic (exact) mass is 240 g/mol. The van der Waals surface area contributed by atoms with E-state index in [0.29, 0.717) is 16.7 Å². The molecule has 0 N–H and O–H groups in total. The molecule has 0 aliphatic rings. The lowest BCUT2D eigenvalue weighted by molar-refractivity contribution is -0.384. The number of non-ortho nitro benzene ring substituents is 1. The maximum atomic E-state index is 12.1. The van der Waals surface area contributed by atoms with Crippen molar-refractivity contribution in [2.75, 3.05) is 0 Å². The number of benzene rings is 2. The fourth-order valence-corrected chi connectivity index (χ4v) is 1.66. The van der Waals surface area contributed by atoms with E-state index in [0.717, 1.165) is 0 Å². The van der Waals surface area contributed by atoms with Crippen molar-refractivity contribution in [3.63, 3.8) is 0 Å². The van der Waals surface area contributed by atoms with Crippen LogP contribution in [0.2, 0.25) is 0 Å². The molecule has 0 bridgehead atoms. The molecule has 0 aliphatic heterocycles. The first-order chi connectivity index (χ1) is 8.59. The highest BCUT2D eigenvalue weighted by Gasteiger charge is 2.14. The van der Waals surface area contributed by atoms with E-state index < -0.39 is 4.92 Å². The number of nitrogens with zero attached hydrogens (tertiary/aromatic N) is 1. The van der Waals surface area contributed by atoms with Crippen molar-refractivity contribution in [3.8, 4) is 0 Å². The number of rotatable bonds is 3. The Morgan fingerprint density at radius 1 is 1.11 bits per heavy atom. The highest BCUT2D eigenvalue weighted by molar-refractivity contribution is 6.10. The van der Waals surface area contributed by atoms with Crippen LogP contribution in [0, 0.1) is 17.0 Å². The second-order valence-corrected chi connectivity index (χ2v) is 3.79. The van der Waals surface area contributed by atoms with Gasteiger partial charge in [-0.3, -0.25) is 14.9 Å². The summed E-state index contributed by atoms with van der Waals surface area (Å²) in [5.74, 6) is -0.185. The van der Waals surface area contributed by atoms with E-state index in [4.69, 9.17) is 0 Å². The smallest absolute Gasteiger partial charge is 0.269 e. The summed E-state index contributed by atoms with van der Waals surface area (Å²) in [7, 11) is 0. The number of ketones is 1. The number of nitro benzene ring substituents is 1. The second-order valence-electron chi connectivity index (χ2n) is 3.79. The van der Waals surface area contributed by atoms with E-state index in [1.807, 2.05) is 6.07 Å². The van der Waals surface area contributed by atoms with Gasteiger partial charge in [0.2, 0.25) is 0 Å². The maximum absolute atomic E-state index is 12.1. The molecule has 0 atom stereocenters. The third kappa shape index (κ3) is 2.27. The molecule has 4 nitrogen and oxygen atoms in total. The molecule has 0 heterocycles. The second kappa shape index (κ2) is 4.79. The summed E-state index contributed by atoms with van der Waals surface area (Å²) in [5, 5.41) is 10.6. The van der Waals surface area contributed by atoms with Crippen molar-refractivity contribution in [2.45, 2.75) is 0 Å². The van der Waals surface area contributed by atoms with Gasteiger partial charge < -0.3 is 0 Å². The highest BCUT2D eigenvalue weighted by atomic mass is 16.6. The molecule has 1 radical (unpaired) electrons. The van der Waals surface area contributed by atoms with Crippen LogP contribution >= 0.6 is 0 Å². The predicted molar refractivity (Wildman–Crippen MR) is 67.4 cm³/mol. The van der Waals surface area contributed by atoms with E-state index in [1.165, 1.54) is 18.2 Å². The van der Waals surface area contributed by atoms with Crippen molar-refractivity contribution >= 4 is 11.5 Å². The summed E-state index contributed by atoms with van der Waals surface area (Å²) >= 11 is 0. The molecule has 18 heavy (non-hydrogen) atoms. The van der Waals surface area contributed by atoms with Gasteiger partial charge >= 0.3 is 0 Å². The van der Waals surface area contributed by atoms with Gasteiger partial charge in [0.25, 0.3) is 5.69 Å². The van der Waals surface area contributed by atoms with Gasteiger partial charge in [-0.05, 0) is 18.6 Å². The van der Waals surface area contributed by atoms with Crippen molar-refractivity contribution in [1.29, 1.82) is 0 Å². The Kier molecular flexibility index (Phi) is 3.19. The Hall–Kier alpha value is -2.49. The Balaban J connectivity index is 2.41. The van der Waals surface area contributed by atoms with Crippen LogP contribution in [0.25, 0.3) is 0 Å². The summed E-state index contributed by atoms with van der Waals surface area (Å²) in [6.07, 6.45) is 0. The van der Waals surface area contributed by atoms with Gasteiger partial charge in [-0.15, -0.1) is 0 Å². The summed E-state index contributed by atoms with van der Waals surface area (Å²) in [4.78, 5) is 22.2. The fourth-order valence-electron chi connectivity index (χ4n) is 1.66. The number of nitro groups is 1. The van der Waals surface area contributed by atoms with Crippen molar-refractivity contribution in [1.82, 2.24) is 0 Å². The first kappa shape index (κ1) is 12.0. The molecule has 2 aromatic rings. The predicted octanol–water partition coefficient (Wildman–Crippen LogP) is 3.01. The van der Waals surface area contributed by atoms with E-state index >= 15 is 0 Å². The molecular formula is C14H10NO3. The van der Waals surface area contributed by atoms with Crippen LogP contribution in [0.5, 0.6) is 0 Å². The zero-order valence-corrected chi connectivity index (χ0v) is 9.50. The summed E-state index contributed by atoms with van der Waals surface area (Å²) < 4.78 is 0. The zero-order valence-electron chi connectivity index (χ0n) is 9.50. The van der Waals surface area contributed by atoms with Crippen LogP contribution in [0.4, 0.5) is 5.69 Å². The highest BCUT2D eigenvalue weighted by Crippen LogP contribution is 2.19. The lowest BCUT2D eigenvalue weighted by Crippen LogP contribution is -2.04. The number of hydrogen-bond acceptors (Lipinski definition) is 3. The normalized spacial score (nSPS) is 10.1. The Morgan fingerprint density at radius 2 is 1.78 bits per heavy atom. The fraction of sp³-hybridized carbons (Fsp3) is 0. The van der Waals surface area contributed by atoms with Gasteiger partial charge in [0, 0.05) is 23.3 Å². The average molecular weight is 240 g/mol. The van der Waals surface area contributed by atoms with Crippen LogP contribution in [-0.2, 0) is 0 Å². The molecule has 0 saturated heterocycles. The van der Waals surface area contributed by atoms with Gasteiger partial charge in [-0.1, -0.05) is 30.3 Å². The van der Waals surface area contributed by atoms with Crippen LogP contribution < -0.4 is 0 Å². The topological polar surface area (TPSA) is 60.2 Å². The minimum absolute atomic E-state index is 0.0652. The molecule has 0 aliphatic carbocycles. The number of carbonyl (C=O) groups excluding carboxylic acids is 1. The molecule has 0 amide bonds. The van der Waals surface area contributed by atoms with Crippen molar-refractivity contribution in [2.24, 2.45) is 0 Å². The van der Waals surface area contributed by atoms with E-state index in [1.54, 1.807) is 24.3 Å². The molecule has 4 heteroatoms. The molecule has 0 aromatic heterocycles. The molecule has 0 fully saturated rings. The molecule has 0 unspecified atom stereocenters. The van der Waals surface area contributed by atoms with Crippen molar-refractivity contribution < 1.29 is 9.72 Å². The molecule has 0 spiro atoms. The van der Waals surface area contributed by atoms with Gasteiger partial charge in [0.1, 0.15) is 0 Å². The molecular weight excluding hydrogens is 230 g/mol. The summed E-state index contributed by atoms with van der Waals surface area (Å²) in [6, 6.07) is 12.8. The first-order valence-electron chi connectivity index (χ1n) is 5.30. The molecule has 0 saturated carbocycles. The Morgan fingerprint density at radius 3 is 2.33 bits per heavy atom.